The number of amides is 1. The van der Waals surface area contributed by atoms with Crippen LogP contribution in [0, 0.1) is 0 Å². The molecule has 0 saturated carbocycles. The minimum absolute atomic E-state index is 0.127. The van der Waals surface area contributed by atoms with Crippen molar-refractivity contribution < 1.29 is 13.2 Å². The number of benzene rings is 1. The van der Waals surface area contributed by atoms with Gasteiger partial charge in [-0.1, -0.05) is 11.3 Å². The summed E-state index contributed by atoms with van der Waals surface area (Å²) >= 11 is 2.27. The number of nitrogens with zero attached hydrogens (tertiary/aromatic N) is 3. The number of carbonyl (C=O) groups is 1. The van der Waals surface area contributed by atoms with Gasteiger partial charge in [-0.2, -0.15) is 8.42 Å². The quantitative estimate of drug-likeness (QED) is 0.656. The monoisotopic (exact) mass is 381 g/mol. The summed E-state index contributed by atoms with van der Waals surface area (Å²) in [6, 6.07) is 6.84. The Morgan fingerprint density at radius 1 is 1.17 bits per heavy atom. The molecule has 0 unspecified atom stereocenters. The Bertz CT molecular complexity index is 949. The van der Waals surface area contributed by atoms with E-state index in [1.165, 1.54) is 18.3 Å². The maximum Gasteiger partial charge on any atom is 0.291 e. The first-order valence-corrected chi connectivity index (χ1v) is 9.76. The summed E-state index contributed by atoms with van der Waals surface area (Å²) < 4.78 is 26.8. The van der Waals surface area contributed by atoms with E-state index in [4.69, 9.17) is 0 Å². The topological polar surface area (TPSA) is 114 Å². The van der Waals surface area contributed by atoms with Crippen LogP contribution in [0.3, 0.4) is 0 Å². The highest BCUT2D eigenvalue weighted by Gasteiger charge is 2.20. The van der Waals surface area contributed by atoms with E-state index in [9.17, 15) is 13.2 Å². The normalized spacial score (nSPS) is 11.2. The number of aromatic nitrogens is 3. The fraction of sp³-hybridized carbons (Fsp3) is 0.0769. The van der Waals surface area contributed by atoms with Crippen LogP contribution in [0.25, 0.3) is 10.6 Å². The average molecular weight is 381 g/mol. The molecule has 11 heteroatoms. The lowest BCUT2D eigenvalue weighted by molar-refractivity contribution is -0.114. The minimum Gasteiger partial charge on any atom is -0.301 e. The van der Waals surface area contributed by atoms with Gasteiger partial charge in [0.15, 0.2) is 0 Å². The van der Waals surface area contributed by atoms with E-state index in [2.05, 4.69) is 25.2 Å². The van der Waals surface area contributed by atoms with Gasteiger partial charge in [-0.3, -0.25) is 9.52 Å². The molecule has 0 bridgehead atoms. The summed E-state index contributed by atoms with van der Waals surface area (Å²) in [5, 5.41) is 12.5. The van der Waals surface area contributed by atoms with E-state index in [1.807, 2.05) is 5.38 Å². The van der Waals surface area contributed by atoms with Crippen molar-refractivity contribution >= 4 is 49.4 Å². The predicted octanol–water partition coefficient (Wildman–Crippen LogP) is 2.42. The molecule has 0 spiro atoms. The van der Waals surface area contributed by atoms with E-state index < -0.39 is 10.0 Å². The highest BCUT2D eigenvalue weighted by molar-refractivity contribution is 7.94. The summed E-state index contributed by atoms with van der Waals surface area (Å²) in [6.07, 6.45) is 1.71. The lowest BCUT2D eigenvalue weighted by Crippen LogP contribution is -2.12. The van der Waals surface area contributed by atoms with Crippen LogP contribution < -0.4 is 10.0 Å². The minimum atomic E-state index is -3.86. The fourth-order valence-corrected chi connectivity index (χ4v) is 4.42. The second-order valence-corrected chi connectivity index (χ2v) is 8.30. The van der Waals surface area contributed by atoms with E-state index in [0.29, 0.717) is 5.69 Å². The molecule has 0 atom stereocenters. The molecule has 3 aromatic rings. The number of hydrogen-bond acceptors (Lipinski definition) is 8. The van der Waals surface area contributed by atoms with Crippen LogP contribution in [-0.4, -0.2) is 29.5 Å². The van der Waals surface area contributed by atoms with Gasteiger partial charge in [-0.05, 0) is 24.3 Å². The van der Waals surface area contributed by atoms with E-state index >= 15 is 0 Å². The van der Waals surface area contributed by atoms with Gasteiger partial charge in [0, 0.05) is 29.8 Å². The van der Waals surface area contributed by atoms with Crippen LogP contribution in [0.15, 0.2) is 40.2 Å². The van der Waals surface area contributed by atoms with Crippen molar-refractivity contribution in [1.29, 1.82) is 0 Å². The van der Waals surface area contributed by atoms with Gasteiger partial charge < -0.3 is 5.32 Å². The van der Waals surface area contributed by atoms with E-state index in [-0.39, 0.29) is 15.4 Å². The molecule has 0 aliphatic heterocycles. The van der Waals surface area contributed by atoms with Gasteiger partial charge in [-0.15, -0.1) is 21.5 Å². The van der Waals surface area contributed by atoms with Gasteiger partial charge in [0.25, 0.3) is 14.4 Å². The van der Waals surface area contributed by atoms with Gasteiger partial charge >= 0.3 is 0 Å². The summed E-state index contributed by atoms with van der Waals surface area (Å²) in [6.45, 7) is 1.30. The molecular formula is C13H11N5O3S3. The summed E-state index contributed by atoms with van der Waals surface area (Å²) in [7, 11) is -3.86. The molecule has 2 aromatic heterocycles. The highest BCUT2D eigenvalue weighted by atomic mass is 32.2. The van der Waals surface area contributed by atoms with Crippen molar-refractivity contribution in [3.8, 4) is 10.6 Å². The molecular weight excluding hydrogens is 370 g/mol. The Balaban J connectivity index is 1.76. The van der Waals surface area contributed by atoms with Gasteiger partial charge in [0.2, 0.25) is 11.0 Å². The Hall–Kier alpha value is -2.37. The molecule has 0 radical (unpaired) electrons. The van der Waals surface area contributed by atoms with E-state index in [1.54, 1.807) is 30.5 Å². The zero-order valence-electron chi connectivity index (χ0n) is 12.3. The summed E-state index contributed by atoms with van der Waals surface area (Å²) in [4.78, 5) is 15.1. The zero-order valence-corrected chi connectivity index (χ0v) is 14.7. The Morgan fingerprint density at radius 3 is 2.54 bits per heavy atom. The molecule has 124 valence electrons. The third-order valence-corrected chi connectivity index (χ3v) is 6.15. The number of hydrogen-bond donors (Lipinski definition) is 2. The van der Waals surface area contributed by atoms with Crippen molar-refractivity contribution in [3.05, 3.63) is 35.8 Å². The van der Waals surface area contributed by atoms with Crippen molar-refractivity contribution in [3.63, 3.8) is 0 Å². The lowest BCUT2D eigenvalue weighted by Gasteiger charge is -2.05. The molecule has 24 heavy (non-hydrogen) atoms. The maximum absolute atomic E-state index is 12.3. The van der Waals surface area contributed by atoms with Gasteiger partial charge in [0.05, 0.1) is 0 Å². The third-order valence-electron chi connectivity index (χ3n) is 2.74. The van der Waals surface area contributed by atoms with Crippen molar-refractivity contribution in [2.45, 2.75) is 11.3 Å². The predicted molar refractivity (Wildman–Crippen MR) is 92.6 cm³/mol. The zero-order chi connectivity index (χ0) is 17.2. The first kappa shape index (κ1) is 16.5. The molecule has 1 aromatic carbocycles. The van der Waals surface area contributed by atoms with Crippen LogP contribution in [-0.2, 0) is 14.8 Å². The molecule has 0 saturated heterocycles. The molecule has 3 rings (SSSR count). The average Bonchev–Trinajstić information content (AvgIpc) is 3.18. The Kier molecular flexibility index (Phi) is 4.55. The molecule has 0 fully saturated rings. The summed E-state index contributed by atoms with van der Waals surface area (Å²) in [5.41, 5.74) is 1.29. The molecule has 8 nitrogen and oxygen atoms in total. The van der Waals surface area contributed by atoms with Crippen LogP contribution in [0.4, 0.5) is 10.8 Å². The van der Waals surface area contributed by atoms with Crippen molar-refractivity contribution in [1.82, 2.24) is 15.2 Å². The summed E-state index contributed by atoms with van der Waals surface area (Å²) in [5.74, 6) is -0.346. The molecule has 1 amide bonds. The second-order valence-electron chi connectivity index (χ2n) is 4.57. The number of sulfonamides is 1. The van der Waals surface area contributed by atoms with Crippen LogP contribution in [0.2, 0.25) is 0 Å². The number of rotatable bonds is 5. The highest BCUT2D eigenvalue weighted by Crippen LogP contribution is 2.25. The molecule has 0 aliphatic carbocycles. The first-order valence-electron chi connectivity index (χ1n) is 6.58. The molecule has 2 N–H and O–H groups in total. The van der Waals surface area contributed by atoms with Crippen molar-refractivity contribution in [2.75, 3.05) is 10.0 Å². The van der Waals surface area contributed by atoms with Crippen LogP contribution in [0.5, 0.6) is 0 Å². The standard InChI is InChI=1S/C13H11N5O3S3/c1-8(19)15-12-16-17-13(23-12)24(20,21)18-10-4-2-9(3-5-10)11-14-6-7-22-11/h2-7,18H,1H3,(H,15,16,19). The number of anilines is 2. The second kappa shape index (κ2) is 6.63. The Labute approximate surface area is 145 Å². The Morgan fingerprint density at radius 2 is 1.92 bits per heavy atom. The smallest absolute Gasteiger partial charge is 0.291 e. The number of thiazole rings is 1. The van der Waals surface area contributed by atoms with Crippen molar-refractivity contribution in [2.24, 2.45) is 0 Å². The lowest BCUT2D eigenvalue weighted by atomic mass is 10.2. The largest absolute Gasteiger partial charge is 0.301 e. The maximum atomic E-state index is 12.3. The first-order chi connectivity index (χ1) is 11.4. The SMILES string of the molecule is CC(=O)Nc1nnc(S(=O)(=O)Nc2ccc(-c3nccs3)cc2)s1. The van der Waals surface area contributed by atoms with Crippen LogP contribution >= 0.6 is 22.7 Å². The molecule has 0 aliphatic rings. The van der Waals surface area contributed by atoms with Crippen LogP contribution in [0.1, 0.15) is 6.92 Å². The number of carbonyl (C=O) groups excluding carboxylic acids is 1. The fourth-order valence-electron chi connectivity index (χ4n) is 1.77. The van der Waals surface area contributed by atoms with Gasteiger partial charge in [0.1, 0.15) is 5.01 Å². The molecule has 2 heterocycles. The third kappa shape index (κ3) is 3.75. The van der Waals surface area contributed by atoms with E-state index in [0.717, 1.165) is 21.9 Å². The number of nitrogens with one attached hydrogen (secondary N) is 2. The van der Waals surface area contributed by atoms with Gasteiger partial charge in [-0.25, -0.2) is 4.98 Å².